The molecule has 2 aromatic rings. The number of nitrogens with one attached hydrogen (secondary N) is 1. The minimum absolute atomic E-state index is 0.137. The van der Waals surface area contributed by atoms with E-state index in [9.17, 15) is 13.2 Å². The summed E-state index contributed by atoms with van der Waals surface area (Å²) < 4.78 is 35.8. The minimum atomic E-state index is -3.56. The molecule has 1 amide bonds. The number of sulfonamides is 1. The van der Waals surface area contributed by atoms with E-state index in [0.29, 0.717) is 44.9 Å². The van der Waals surface area contributed by atoms with Crippen molar-refractivity contribution in [1.82, 2.24) is 19.2 Å². The number of carbonyl (C=O) groups is 1. The molecule has 8 nitrogen and oxygen atoms in total. The van der Waals surface area contributed by atoms with Gasteiger partial charge < -0.3 is 14.6 Å². The van der Waals surface area contributed by atoms with Crippen LogP contribution in [0.25, 0.3) is 0 Å². The number of benzene rings is 1. The Labute approximate surface area is 177 Å². The molecule has 3 heterocycles. The standard InChI is InChI=1S/C21H28N4O4S/c1-16(2)14-23-19(26)18-15-24-13-10-22-20(24)21(29-18)8-11-25(12-9-21)30(27,28)17-6-4-3-5-7-17/h3-7,10,13,16,18H,8-9,11-12,14-15H2,1-2H3,(H,23,26)/t18-/m0/s1. The lowest BCUT2D eigenvalue weighted by atomic mass is 9.89. The Morgan fingerprint density at radius 1 is 1.27 bits per heavy atom. The van der Waals surface area contributed by atoms with Crippen LogP contribution in [0.5, 0.6) is 0 Å². The second kappa shape index (κ2) is 8.13. The van der Waals surface area contributed by atoms with Gasteiger partial charge in [0.1, 0.15) is 11.4 Å². The molecule has 2 aliphatic heterocycles. The molecule has 1 aromatic heterocycles. The summed E-state index contributed by atoms with van der Waals surface area (Å²) in [5.74, 6) is 0.982. The van der Waals surface area contributed by atoms with Gasteiger partial charge in [-0.1, -0.05) is 32.0 Å². The Bertz CT molecular complexity index is 995. The molecule has 0 unspecified atom stereocenters. The van der Waals surface area contributed by atoms with Crippen molar-refractivity contribution in [3.63, 3.8) is 0 Å². The van der Waals surface area contributed by atoms with Crippen LogP contribution < -0.4 is 5.32 Å². The molecule has 0 radical (unpaired) electrons. The van der Waals surface area contributed by atoms with Crippen molar-refractivity contribution >= 4 is 15.9 Å². The summed E-state index contributed by atoms with van der Waals surface area (Å²) in [6.07, 6.45) is 3.84. The van der Waals surface area contributed by atoms with E-state index in [1.165, 1.54) is 4.31 Å². The zero-order chi connectivity index (χ0) is 21.4. The number of aromatic nitrogens is 2. The van der Waals surface area contributed by atoms with Crippen LogP contribution in [0.3, 0.4) is 0 Å². The van der Waals surface area contributed by atoms with Crippen molar-refractivity contribution in [2.45, 2.75) is 49.8 Å². The number of amides is 1. The fraction of sp³-hybridized carbons (Fsp3) is 0.524. The first-order valence-electron chi connectivity index (χ1n) is 10.3. The lowest BCUT2D eigenvalue weighted by molar-refractivity contribution is -0.170. The fourth-order valence-corrected chi connectivity index (χ4v) is 5.59. The summed E-state index contributed by atoms with van der Waals surface area (Å²) >= 11 is 0. The van der Waals surface area contributed by atoms with E-state index < -0.39 is 21.7 Å². The molecule has 0 bridgehead atoms. The highest BCUT2D eigenvalue weighted by Gasteiger charge is 2.48. The van der Waals surface area contributed by atoms with Gasteiger partial charge in [-0.3, -0.25) is 4.79 Å². The number of carbonyl (C=O) groups excluding carboxylic acids is 1. The molecule has 162 valence electrons. The minimum Gasteiger partial charge on any atom is -0.354 e. The summed E-state index contributed by atoms with van der Waals surface area (Å²) in [5.41, 5.74) is -0.760. The molecule has 1 N–H and O–H groups in total. The average Bonchev–Trinajstić information content (AvgIpc) is 3.23. The largest absolute Gasteiger partial charge is 0.354 e. The number of ether oxygens (including phenoxy) is 1. The molecule has 0 aliphatic carbocycles. The summed E-state index contributed by atoms with van der Waals surface area (Å²) in [5, 5.41) is 2.95. The van der Waals surface area contributed by atoms with Crippen molar-refractivity contribution in [3.8, 4) is 0 Å². The number of hydrogen-bond donors (Lipinski definition) is 1. The first-order valence-corrected chi connectivity index (χ1v) is 11.8. The second-order valence-corrected chi connectivity index (χ2v) is 10.3. The Morgan fingerprint density at radius 3 is 2.63 bits per heavy atom. The van der Waals surface area contributed by atoms with Gasteiger partial charge in [0.25, 0.3) is 5.91 Å². The van der Waals surface area contributed by atoms with Gasteiger partial charge in [0.2, 0.25) is 10.0 Å². The van der Waals surface area contributed by atoms with Crippen LogP contribution in [-0.4, -0.2) is 53.9 Å². The number of rotatable bonds is 5. The lowest BCUT2D eigenvalue weighted by Gasteiger charge is -2.45. The van der Waals surface area contributed by atoms with Gasteiger partial charge in [-0.25, -0.2) is 13.4 Å². The monoisotopic (exact) mass is 432 g/mol. The predicted octanol–water partition coefficient (Wildman–Crippen LogP) is 1.73. The van der Waals surface area contributed by atoms with E-state index in [0.717, 1.165) is 5.82 Å². The first-order chi connectivity index (χ1) is 14.3. The molecule has 0 saturated carbocycles. The number of hydrogen-bond acceptors (Lipinski definition) is 5. The normalized spacial score (nSPS) is 21.5. The predicted molar refractivity (Wildman–Crippen MR) is 111 cm³/mol. The van der Waals surface area contributed by atoms with E-state index in [4.69, 9.17) is 4.74 Å². The highest BCUT2D eigenvalue weighted by atomic mass is 32.2. The Hall–Kier alpha value is -2.23. The Morgan fingerprint density at radius 2 is 1.97 bits per heavy atom. The average molecular weight is 433 g/mol. The smallest absolute Gasteiger partial charge is 0.251 e. The summed E-state index contributed by atoms with van der Waals surface area (Å²) in [6, 6.07) is 8.46. The molecule has 1 atom stereocenters. The SMILES string of the molecule is CC(C)CNC(=O)[C@@H]1Cn2ccnc2C2(CCN(S(=O)(=O)c3ccccc3)CC2)O1. The van der Waals surface area contributed by atoms with Crippen LogP contribution in [0, 0.1) is 5.92 Å². The maximum atomic E-state index is 13.0. The zero-order valence-corrected chi connectivity index (χ0v) is 18.1. The van der Waals surface area contributed by atoms with Crippen LogP contribution in [0.15, 0.2) is 47.6 Å². The molecule has 1 saturated heterocycles. The van der Waals surface area contributed by atoms with Crippen molar-refractivity contribution in [2.24, 2.45) is 5.92 Å². The molecule has 4 rings (SSSR count). The highest BCUT2D eigenvalue weighted by Crippen LogP contribution is 2.41. The highest BCUT2D eigenvalue weighted by molar-refractivity contribution is 7.89. The fourth-order valence-electron chi connectivity index (χ4n) is 4.12. The number of imidazole rings is 1. The molecule has 2 aliphatic rings. The van der Waals surface area contributed by atoms with Gasteiger partial charge >= 0.3 is 0 Å². The molecule has 1 spiro atoms. The van der Waals surface area contributed by atoms with E-state index in [1.807, 2.05) is 24.6 Å². The second-order valence-electron chi connectivity index (χ2n) is 8.36. The molecule has 1 aromatic carbocycles. The maximum Gasteiger partial charge on any atom is 0.251 e. The van der Waals surface area contributed by atoms with Crippen LogP contribution >= 0.6 is 0 Å². The van der Waals surface area contributed by atoms with E-state index in [1.54, 1.807) is 36.5 Å². The van der Waals surface area contributed by atoms with Crippen LogP contribution in [0.1, 0.15) is 32.5 Å². The molecule has 1 fully saturated rings. The van der Waals surface area contributed by atoms with Gasteiger partial charge in [-0.2, -0.15) is 4.31 Å². The molecular formula is C21H28N4O4S. The lowest BCUT2D eigenvalue weighted by Crippen LogP contribution is -2.54. The Kier molecular flexibility index (Phi) is 5.69. The summed E-state index contributed by atoms with van der Waals surface area (Å²) in [4.78, 5) is 17.5. The van der Waals surface area contributed by atoms with Crippen molar-refractivity contribution in [3.05, 3.63) is 48.5 Å². The third-order valence-electron chi connectivity index (χ3n) is 5.74. The molecule has 30 heavy (non-hydrogen) atoms. The third kappa shape index (κ3) is 3.89. The van der Waals surface area contributed by atoms with Crippen molar-refractivity contribution in [1.29, 1.82) is 0 Å². The van der Waals surface area contributed by atoms with Crippen LogP contribution in [0.2, 0.25) is 0 Å². The topological polar surface area (TPSA) is 93.5 Å². The van der Waals surface area contributed by atoms with Gasteiger partial charge in [0.05, 0.1) is 11.4 Å². The van der Waals surface area contributed by atoms with E-state index in [-0.39, 0.29) is 10.8 Å². The molecule has 9 heteroatoms. The number of nitrogens with zero attached hydrogens (tertiary/aromatic N) is 3. The van der Waals surface area contributed by atoms with Crippen LogP contribution in [-0.2, 0) is 31.7 Å². The van der Waals surface area contributed by atoms with Gasteiger partial charge in [-0.15, -0.1) is 0 Å². The Balaban J connectivity index is 1.53. The summed E-state index contributed by atoms with van der Waals surface area (Å²) in [6.45, 7) is 5.70. The van der Waals surface area contributed by atoms with E-state index >= 15 is 0 Å². The van der Waals surface area contributed by atoms with Gasteiger partial charge in [0, 0.05) is 32.0 Å². The summed E-state index contributed by atoms with van der Waals surface area (Å²) in [7, 11) is -3.56. The first kappa shape index (κ1) is 21.0. The van der Waals surface area contributed by atoms with Crippen LogP contribution in [0.4, 0.5) is 0 Å². The maximum absolute atomic E-state index is 13.0. The number of piperidine rings is 1. The van der Waals surface area contributed by atoms with E-state index in [2.05, 4.69) is 10.3 Å². The quantitative estimate of drug-likeness (QED) is 0.777. The van der Waals surface area contributed by atoms with Crippen molar-refractivity contribution < 1.29 is 17.9 Å². The van der Waals surface area contributed by atoms with Crippen molar-refractivity contribution in [2.75, 3.05) is 19.6 Å². The van der Waals surface area contributed by atoms with Gasteiger partial charge in [-0.05, 0) is 30.9 Å². The third-order valence-corrected chi connectivity index (χ3v) is 7.65. The van der Waals surface area contributed by atoms with Gasteiger partial charge in [0.15, 0.2) is 6.10 Å². The molecular weight excluding hydrogens is 404 g/mol. The number of fused-ring (bicyclic) bond motifs is 2. The zero-order valence-electron chi connectivity index (χ0n) is 17.3.